The van der Waals surface area contributed by atoms with Gasteiger partial charge in [-0.05, 0) is 163 Å². The summed E-state index contributed by atoms with van der Waals surface area (Å²) in [4.78, 5) is 18.3. The predicted molar refractivity (Wildman–Crippen MR) is 388 cm³/mol. The largest absolute Gasteiger partial charge is 0.359 e. The first-order chi connectivity index (χ1) is 43.3. The van der Waals surface area contributed by atoms with Crippen molar-refractivity contribution in [1.29, 1.82) is 0 Å². The second kappa shape index (κ2) is 28.1. The fourth-order valence-corrected chi connectivity index (χ4v) is 13.1. The molecule has 1 aromatic heterocycles. The maximum Gasteiger partial charge on any atom is 0.203 e. The molecule has 0 saturated heterocycles. The van der Waals surface area contributed by atoms with Gasteiger partial charge in [0.15, 0.2) is 7.05 Å². The number of fused-ring (bicyclic) bond motifs is 3. The van der Waals surface area contributed by atoms with Crippen LogP contribution in [-0.2, 0) is 17.9 Å². The minimum Gasteiger partial charge on any atom is -0.359 e. The highest BCUT2D eigenvalue weighted by atomic mass is 15.4. The number of aromatic nitrogens is 2. The normalized spacial score (nSPS) is 18.8. The minimum atomic E-state index is -0.0128. The van der Waals surface area contributed by atoms with Gasteiger partial charge >= 0.3 is 0 Å². The van der Waals surface area contributed by atoms with Crippen LogP contribution in [0.1, 0.15) is 134 Å². The van der Waals surface area contributed by atoms with E-state index in [1.54, 1.807) is 0 Å². The second-order valence-electron chi connectivity index (χ2n) is 26.9. The standard InChI is InChI=1S/C26H33N2.C17H18N2.C14H20N2.2C12H16N2/c1-17(2)19-12-14-20(15-13-19)21-16-27(8)28-23-18(3)10-9-11-22(23)25(4,5)26(6,7)24(21)28;1-14-8-6-7-11-17(14)19-13-12-18(15(19)2)16-9-4-3-5-10-16;1-11(2)15-9-10-16(13(15)4)14-8-6-5-7-12(14)3;2*1-10-6-4-5-7-12(10)14-9-8-13(3)11(14)2/h9-17H,1-8H3;3-13,15H,1-2H3;5-11,13H,1-4H3;2*4-9,11H,1-3H3/q+1;;;;/t;15-;13-;2*11-/m.1111/s1. The van der Waals surface area contributed by atoms with Crippen LogP contribution < -0.4 is 29.2 Å². The minimum absolute atomic E-state index is 0.0128. The summed E-state index contributed by atoms with van der Waals surface area (Å²) in [7, 11) is 6.36. The second-order valence-corrected chi connectivity index (χ2v) is 26.9. The number of anilines is 5. The Hall–Kier alpha value is -8.89. The van der Waals surface area contributed by atoms with Crippen LogP contribution in [0.3, 0.4) is 0 Å². The molecular weight excluding hydrogens is 1110 g/mol. The highest BCUT2D eigenvalue weighted by Gasteiger charge is 2.51. The number of hydrogen-bond donors (Lipinski definition) is 0. The molecule has 0 saturated carbocycles. The van der Waals surface area contributed by atoms with Gasteiger partial charge < -0.3 is 39.2 Å². The first-order valence-electron chi connectivity index (χ1n) is 32.8. The zero-order chi connectivity index (χ0) is 65.6. The molecule has 0 N–H and O–H groups in total. The molecule has 0 fully saturated rings. The van der Waals surface area contributed by atoms with Crippen LogP contribution in [0.5, 0.6) is 0 Å². The molecule has 0 amide bonds. The Kier molecular flexibility index (Phi) is 20.5. The lowest BCUT2D eigenvalue weighted by Gasteiger charge is -2.46. The van der Waals surface area contributed by atoms with Crippen molar-refractivity contribution >= 4 is 28.4 Å². The number of aryl methyl sites for hydroxylation is 6. The highest BCUT2D eigenvalue weighted by molar-refractivity contribution is 5.71. The smallest absolute Gasteiger partial charge is 0.203 e. The van der Waals surface area contributed by atoms with E-state index in [-0.39, 0.29) is 10.8 Å². The van der Waals surface area contributed by atoms with Gasteiger partial charge in [0.25, 0.3) is 0 Å². The molecule has 476 valence electrons. The Morgan fingerprint density at radius 1 is 0.396 bits per heavy atom. The lowest BCUT2D eigenvalue weighted by atomic mass is 9.59. The summed E-state index contributed by atoms with van der Waals surface area (Å²) in [6.07, 6.45) is 21.0. The molecule has 4 atom stereocenters. The Morgan fingerprint density at radius 3 is 1.21 bits per heavy atom. The SMILES string of the molecule is Cc1cccc2c1-n1c(c(-c3ccc(C(C)C)cc3)c[n+]1C)C(C)(C)C2(C)C.Cc1ccccc1N1C=CN(C(C)C)[C@H]1C.Cc1ccccc1N1C=CN(C)[C@H]1C.Cc1ccccc1N1C=CN(C)[C@H]1C.Cc1ccccc1N1C=CN(c2ccccc2)[C@H]1C. The summed E-state index contributed by atoms with van der Waals surface area (Å²) in [5.41, 5.74) is 21.2. The third kappa shape index (κ3) is 13.8. The molecule has 13 rings (SSSR count). The average molecular weight is 1220 g/mol. The lowest BCUT2D eigenvalue weighted by Crippen LogP contribution is -2.51. The van der Waals surface area contributed by atoms with E-state index < -0.39 is 0 Å². The molecule has 0 spiro atoms. The van der Waals surface area contributed by atoms with Crippen molar-refractivity contribution < 1.29 is 4.68 Å². The van der Waals surface area contributed by atoms with Gasteiger partial charge in [-0.15, -0.1) is 9.36 Å². The van der Waals surface area contributed by atoms with Crippen LogP contribution in [0.25, 0.3) is 16.8 Å². The first kappa shape index (κ1) is 66.5. The summed E-state index contributed by atoms with van der Waals surface area (Å²) in [6.45, 7) is 38.2. The van der Waals surface area contributed by atoms with Crippen LogP contribution in [-0.4, -0.2) is 64.2 Å². The van der Waals surface area contributed by atoms with Crippen LogP contribution in [0, 0.1) is 34.6 Å². The van der Waals surface area contributed by atoms with E-state index in [1.165, 1.54) is 89.9 Å². The monoisotopic (exact) mass is 1220 g/mol. The van der Waals surface area contributed by atoms with E-state index in [0.717, 1.165) is 0 Å². The van der Waals surface area contributed by atoms with Crippen molar-refractivity contribution in [2.45, 2.75) is 165 Å². The van der Waals surface area contributed by atoms with Gasteiger partial charge in [0.05, 0.1) is 5.56 Å². The summed E-state index contributed by atoms with van der Waals surface area (Å²) >= 11 is 0. The van der Waals surface area contributed by atoms with Gasteiger partial charge in [-0.25, -0.2) is 0 Å². The molecule has 91 heavy (non-hydrogen) atoms. The maximum absolute atomic E-state index is 2.45. The zero-order valence-corrected chi connectivity index (χ0v) is 58.3. The Labute approximate surface area is 547 Å². The van der Waals surface area contributed by atoms with Crippen molar-refractivity contribution in [3.63, 3.8) is 0 Å². The van der Waals surface area contributed by atoms with Gasteiger partial charge in [0.2, 0.25) is 6.20 Å². The van der Waals surface area contributed by atoms with E-state index >= 15 is 0 Å². The van der Waals surface area contributed by atoms with Crippen LogP contribution in [0.15, 0.2) is 226 Å². The van der Waals surface area contributed by atoms with Gasteiger partial charge in [0.1, 0.15) is 36.0 Å². The molecule has 10 nitrogen and oxygen atoms in total. The van der Waals surface area contributed by atoms with E-state index in [0.29, 0.717) is 36.6 Å². The molecule has 0 unspecified atom stereocenters. The molecule has 0 aliphatic carbocycles. The molecule has 7 aromatic carbocycles. The highest BCUT2D eigenvalue weighted by Crippen LogP contribution is 2.52. The Morgan fingerprint density at radius 2 is 0.791 bits per heavy atom. The molecule has 0 radical (unpaired) electrons. The van der Waals surface area contributed by atoms with Crippen molar-refractivity contribution in [1.82, 2.24) is 19.4 Å². The Balaban J connectivity index is 0.000000139. The molecular formula is C81H103N10+. The first-order valence-corrected chi connectivity index (χ1v) is 32.8. The maximum atomic E-state index is 2.45. The van der Waals surface area contributed by atoms with Crippen LogP contribution in [0.4, 0.5) is 28.4 Å². The van der Waals surface area contributed by atoms with Gasteiger partial charge in [-0.1, -0.05) is 175 Å². The molecule has 6 heterocycles. The fourth-order valence-electron chi connectivity index (χ4n) is 13.1. The van der Waals surface area contributed by atoms with Gasteiger partial charge in [-0.3, -0.25) is 0 Å². The third-order valence-electron chi connectivity index (χ3n) is 19.8. The van der Waals surface area contributed by atoms with E-state index in [2.05, 4.69) is 407 Å². The summed E-state index contributed by atoms with van der Waals surface area (Å²) in [6, 6.07) is 60.9. The predicted octanol–water partition coefficient (Wildman–Crippen LogP) is 18.6. The number of rotatable bonds is 8. The van der Waals surface area contributed by atoms with Crippen molar-refractivity contribution in [2.24, 2.45) is 7.05 Å². The number of para-hydroxylation sites is 6. The van der Waals surface area contributed by atoms with Crippen LogP contribution >= 0.6 is 0 Å². The average Bonchev–Trinajstić information content (AvgIpc) is 1.67. The van der Waals surface area contributed by atoms with Crippen molar-refractivity contribution in [3.8, 4) is 16.8 Å². The van der Waals surface area contributed by atoms with E-state index in [9.17, 15) is 0 Å². The summed E-state index contributed by atoms with van der Waals surface area (Å²) in [5, 5.41) is 0. The summed E-state index contributed by atoms with van der Waals surface area (Å²) in [5.74, 6) is 0.554. The number of benzene rings is 7. The summed E-state index contributed by atoms with van der Waals surface area (Å²) < 4.78 is 4.71. The van der Waals surface area contributed by atoms with Gasteiger partial charge in [0, 0.05) is 109 Å². The van der Waals surface area contributed by atoms with E-state index in [4.69, 9.17) is 0 Å². The molecule has 10 heteroatoms. The van der Waals surface area contributed by atoms with Crippen molar-refractivity contribution in [2.75, 3.05) is 38.6 Å². The van der Waals surface area contributed by atoms with E-state index in [1.807, 2.05) is 6.07 Å². The zero-order valence-electron chi connectivity index (χ0n) is 58.3. The topological polar surface area (TPSA) is 34.7 Å². The lowest BCUT2D eigenvalue weighted by molar-refractivity contribution is -0.745. The molecule has 0 bridgehead atoms. The molecule has 5 aliphatic heterocycles. The molecule has 5 aliphatic rings. The van der Waals surface area contributed by atoms with Gasteiger partial charge in [-0.2, -0.15) is 0 Å². The quantitative estimate of drug-likeness (QED) is 0.139. The fraction of sp³-hybridized carbons (Fsp3) is 0.346. The molecule has 8 aromatic rings. The van der Waals surface area contributed by atoms with Crippen LogP contribution in [0.2, 0.25) is 0 Å². The number of nitrogens with zero attached hydrogens (tertiary/aromatic N) is 10. The van der Waals surface area contributed by atoms with Crippen molar-refractivity contribution in [3.05, 3.63) is 270 Å². The Bertz CT molecular complexity index is 3790. The number of hydrogen-bond acceptors (Lipinski definition) is 8. The third-order valence-corrected chi connectivity index (χ3v) is 19.8.